The monoisotopic (exact) mass is 175 g/mol. The highest BCUT2D eigenvalue weighted by atomic mass is 16.5. The Hall–Kier alpha value is -1.69. The third-order valence-corrected chi connectivity index (χ3v) is 2.28. The largest absolute Gasteiger partial charge is 0.506 e. The summed E-state index contributed by atoms with van der Waals surface area (Å²) in [7, 11) is 0. The van der Waals surface area contributed by atoms with Crippen LogP contribution in [0.4, 0.5) is 0 Å². The summed E-state index contributed by atoms with van der Waals surface area (Å²) in [5, 5.41) is 18.4. The van der Waals surface area contributed by atoms with Crippen LogP contribution >= 0.6 is 0 Å². The van der Waals surface area contributed by atoms with E-state index in [-0.39, 0.29) is 5.75 Å². The van der Waals surface area contributed by atoms with Gasteiger partial charge in [0, 0.05) is 12.0 Å². The van der Waals surface area contributed by atoms with Gasteiger partial charge in [-0.3, -0.25) is 0 Å². The van der Waals surface area contributed by atoms with Gasteiger partial charge in [-0.05, 0) is 18.6 Å². The minimum atomic E-state index is 0.0896. The summed E-state index contributed by atoms with van der Waals surface area (Å²) in [4.78, 5) is 0. The molecule has 1 aliphatic heterocycles. The van der Waals surface area contributed by atoms with Crippen molar-refractivity contribution in [2.45, 2.75) is 13.3 Å². The molecule has 0 fully saturated rings. The maximum absolute atomic E-state index is 9.58. The van der Waals surface area contributed by atoms with E-state index in [4.69, 9.17) is 10.00 Å². The fourth-order valence-electron chi connectivity index (χ4n) is 1.58. The molecule has 0 bridgehead atoms. The van der Waals surface area contributed by atoms with Gasteiger partial charge in [-0.15, -0.1) is 0 Å². The number of nitriles is 1. The lowest BCUT2D eigenvalue weighted by Crippen LogP contribution is -1.88. The number of aryl methyl sites for hydroxylation is 1. The molecule has 0 spiro atoms. The molecule has 3 heteroatoms. The molecule has 1 aliphatic rings. The van der Waals surface area contributed by atoms with Gasteiger partial charge in [0.2, 0.25) is 0 Å². The Morgan fingerprint density at radius 3 is 3.08 bits per heavy atom. The van der Waals surface area contributed by atoms with Gasteiger partial charge in [-0.2, -0.15) is 5.26 Å². The molecular formula is C10H9NO2. The van der Waals surface area contributed by atoms with Crippen LogP contribution in [-0.2, 0) is 6.42 Å². The molecule has 0 unspecified atom stereocenters. The van der Waals surface area contributed by atoms with Gasteiger partial charge >= 0.3 is 0 Å². The van der Waals surface area contributed by atoms with Crippen LogP contribution in [0.1, 0.15) is 16.7 Å². The first-order valence-corrected chi connectivity index (χ1v) is 4.12. The van der Waals surface area contributed by atoms with Crippen molar-refractivity contribution in [3.8, 4) is 17.6 Å². The highest BCUT2D eigenvalue weighted by molar-refractivity contribution is 5.59. The molecule has 0 aliphatic carbocycles. The molecule has 13 heavy (non-hydrogen) atoms. The van der Waals surface area contributed by atoms with E-state index in [2.05, 4.69) is 0 Å². The molecule has 0 amide bonds. The van der Waals surface area contributed by atoms with Crippen molar-refractivity contribution in [3.63, 3.8) is 0 Å². The Bertz CT molecular complexity index is 404. The van der Waals surface area contributed by atoms with Gasteiger partial charge in [-0.25, -0.2) is 0 Å². The van der Waals surface area contributed by atoms with Gasteiger partial charge in [0.1, 0.15) is 23.1 Å². The van der Waals surface area contributed by atoms with Gasteiger partial charge in [0.25, 0.3) is 0 Å². The zero-order valence-corrected chi connectivity index (χ0v) is 7.29. The summed E-state index contributed by atoms with van der Waals surface area (Å²) in [6, 6.07) is 3.78. The lowest BCUT2D eigenvalue weighted by atomic mass is 10.0. The summed E-state index contributed by atoms with van der Waals surface area (Å²) >= 11 is 0. The second-order valence-electron chi connectivity index (χ2n) is 3.10. The van der Waals surface area contributed by atoms with Crippen LogP contribution in [0.25, 0.3) is 0 Å². The van der Waals surface area contributed by atoms with Crippen LogP contribution in [0.3, 0.4) is 0 Å². The van der Waals surface area contributed by atoms with Gasteiger partial charge < -0.3 is 9.84 Å². The van der Waals surface area contributed by atoms with Crippen LogP contribution in [0, 0.1) is 18.3 Å². The van der Waals surface area contributed by atoms with E-state index >= 15 is 0 Å². The third kappa shape index (κ3) is 1.03. The van der Waals surface area contributed by atoms with Crippen molar-refractivity contribution in [2.24, 2.45) is 0 Å². The Kier molecular flexibility index (Phi) is 1.63. The zero-order chi connectivity index (χ0) is 9.42. The number of fused-ring (bicyclic) bond motifs is 1. The predicted octanol–water partition coefficient (Wildman–Crippen LogP) is 1.51. The molecule has 0 atom stereocenters. The van der Waals surface area contributed by atoms with Crippen LogP contribution in [0.5, 0.6) is 11.5 Å². The van der Waals surface area contributed by atoms with Crippen LogP contribution in [0.15, 0.2) is 6.07 Å². The minimum Gasteiger partial charge on any atom is -0.506 e. The lowest BCUT2D eigenvalue weighted by Gasteiger charge is -2.05. The average molecular weight is 175 g/mol. The number of hydrogen-bond acceptors (Lipinski definition) is 3. The van der Waals surface area contributed by atoms with Crippen molar-refractivity contribution in [1.82, 2.24) is 0 Å². The SMILES string of the molecule is Cc1cc2c(c(C#N)c1O)CCO2. The molecule has 3 nitrogen and oxygen atoms in total. The van der Waals surface area contributed by atoms with Crippen molar-refractivity contribution in [1.29, 1.82) is 5.26 Å². The van der Waals surface area contributed by atoms with E-state index < -0.39 is 0 Å². The Labute approximate surface area is 76.2 Å². The maximum atomic E-state index is 9.58. The third-order valence-electron chi connectivity index (χ3n) is 2.28. The normalized spacial score (nSPS) is 13.2. The quantitative estimate of drug-likeness (QED) is 0.650. The number of phenols is 1. The summed E-state index contributed by atoms with van der Waals surface area (Å²) < 4.78 is 5.31. The molecule has 2 rings (SSSR count). The number of rotatable bonds is 0. The smallest absolute Gasteiger partial charge is 0.136 e. The van der Waals surface area contributed by atoms with Gasteiger partial charge in [0.15, 0.2) is 0 Å². The first kappa shape index (κ1) is 7.93. The minimum absolute atomic E-state index is 0.0896. The molecule has 0 radical (unpaired) electrons. The summed E-state index contributed by atoms with van der Waals surface area (Å²) in [6.45, 7) is 2.37. The van der Waals surface area contributed by atoms with Crippen molar-refractivity contribution in [3.05, 3.63) is 22.8 Å². The second kappa shape index (κ2) is 2.67. The van der Waals surface area contributed by atoms with Crippen LogP contribution in [-0.4, -0.2) is 11.7 Å². The molecule has 1 aromatic rings. The molecule has 1 aromatic carbocycles. The van der Waals surface area contributed by atoms with E-state index in [1.807, 2.05) is 6.07 Å². The number of nitrogens with zero attached hydrogens (tertiary/aromatic N) is 1. The van der Waals surface area contributed by atoms with Crippen molar-refractivity contribution in [2.75, 3.05) is 6.61 Å². The van der Waals surface area contributed by atoms with Gasteiger partial charge in [-0.1, -0.05) is 0 Å². The highest BCUT2D eigenvalue weighted by Crippen LogP contribution is 2.35. The highest BCUT2D eigenvalue weighted by Gasteiger charge is 2.20. The summed E-state index contributed by atoms with van der Waals surface area (Å²) in [6.07, 6.45) is 0.714. The van der Waals surface area contributed by atoms with Crippen LogP contribution in [0.2, 0.25) is 0 Å². The molecular weight excluding hydrogens is 166 g/mol. The number of benzene rings is 1. The average Bonchev–Trinajstić information content (AvgIpc) is 2.54. The van der Waals surface area contributed by atoms with Crippen LogP contribution < -0.4 is 4.74 Å². The molecule has 1 N–H and O–H groups in total. The summed E-state index contributed by atoms with van der Waals surface area (Å²) in [5.41, 5.74) is 1.90. The second-order valence-corrected chi connectivity index (χ2v) is 3.10. The lowest BCUT2D eigenvalue weighted by molar-refractivity contribution is 0.356. The molecule has 1 heterocycles. The molecule has 0 saturated heterocycles. The maximum Gasteiger partial charge on any atom is 0.136 e. The number of phenolic OH excluding ortho intramolecular Hbond substituents is 1. The van der Waals surface area contributed by atoms with E-state index in [1.54, 1.807) is 13.0 Å². The first-order chi connectivity index (χ1) is 6.24. The Morgan fingerprint density at radius 1 is 1.62 bits per heavy atom. The molecule has 66 valence electrons. The zero-order valence-electron chi connectivity index (χ0n) is 7.29. The van der Waals surface area contributed by atoms with Crippen molar-refractivity contribution < 1.29 is 9.84 Å². The van der Waals surface area contributed by atoms with E-state index in [9.17, 15) is 5.11 Å². The standard InChI is InChI=1S/C10H9NO2/c1-6-4-9-7(2-3-13-9)8(5-11)10(6)12/h4,12H,2-3H2,1H3. The van der Waals surface area contributed by atoms with Gasteiger partial charge in [0.05, 0.1) is 6.61 Å². The van der Waals surface area contributed by atoms with E-state index in [0.717, 1.165) is 11.3 Å². The Morgan fingerprint density at radius 2 is 2.38 bits per heavy atom. The first-order valence-electron chi connectivity index (χ1n) is 4.12. The fourth-order valence-corrected chi connectivity index (χ4v) is 1.58. The number of hydrogen-bond donors (Lipinski definition) is 1. The number of aromatic hydroxyl groups is 1. The molecule has 0 saturated carbocycles. The fraction of sp³-hybridized carbons (Fsp3) is 0.300. The summed E-state index contributed by atoms with van der Waals surface area (Å²) in [5.74, 6) is 0.832. The predicted molar refractivity (Wildman–Crippen MR) is 46.8 cm³/mol. The number of ether oxygens (including phenoxy) is 1. The molecule has 0 aromatic heterocycles. The van der Waals surface area contributed by atoms with E-state index in [0.29, 0.717) is 24.2 Å². The van der Waals surface area contributed by atoms with Crippen molar-refractivity contribution >= 4 is 0 Å². The van der Waals surface area contributed by atoms with E-state index in [1.165, 1.54) is 0 Å². The topological polar surface area (TPSA) is 53.2 Å². The Balaban J connectivity index is 2.73.